The molecule has 4 aromatic rings. The molecule has 0 bridgehead atoms. The van der Waals surface area contributed by atoms with Gasteiger partial charge in [0.15, 0.2) is 0 Å². The first kappa shape index (κ1) is 22.5. The molecule has 6 nitrogen and oxygen atoms in total. The van der Waals surface area contributed by atoms with Gasteiger partial charge in [0.05, 0.1) is 11.8 Å². The van der Waals surface area contributed by atoms with Gasteiger partial charge in [0.1, 0.15) is 18.1 Å². The van der Waals surface area contributed by atoms with Gasteiger partial charge in [-0.05, 0) is 70.9 Å². The third kappa shape index (κ3) is 5.55. The van der Waals surface area contributed by atoms with Crippen LogP contribution in [0, 0.1) is 0 Å². The van der Waals surface area contributed by atoms with Gasteiger partial charge >= 0.3 is 5.97 Å². The minimum absolute atomic E-state index is 0.341. The summed E-state index contributed by atoms with van der Waals surface area (Å²) in [6.07, 6.45) is 3.16. The summed E-state index contributed by atoms with van der Waals surface area (Å²) in [5.41, 5.74) is 4.18. The van der Waals surface area contributed by atoms with Gasteiger partial charge in [-0.1, -0.05) is 49.1 Å². The molecule has 0 spiro atoms. The Morgan fingerprint density at radius 1 is 0.853 bits per heavy atom. The maximum atomic E-state index is 12.7. The molecule has 0 aliphatic heterocycles. The van der Waals surface area contributed by atoms with Gasteiger partial charge in [0, 0.05) is 5.56 Å². The Labute approximate surface area is 197 Å². The first-order chi connectivity index (χ1) is 16.6. The zero-order chi connectivity index (χ0) is 23.8. The van der Waals surface area contributed by atoms with Gasteiger partial charge in [-0.15, -0.1) is 0 Å². The fourth-order valence-corrected chi connectivity index (χ4v) is 3.28. The predicted molar refractivity (Wildman–Crippen MR) is 133 cm³/mol. The summed E-state index contributed by atoms with van der Waals surface area (Å²) in [6.45, 7) is 3.99. The summed E-state index contributed by atoms with van der Waals surface area (Å²) < 4.78 is 10.9. The molecule has 4 aromatic carbocycles. The molecular weight excluding hydrogens is 428 g/mol. The van der Waals surface area contributed by atoms with Crippen LogP contribution in [0.15, 0.2) is 109 Å². The van der Waals surface area contributed by atoms with Crippen molar-refractivity contribution in [2.75, 3.05) is 6.61 Å². The van der Waals surface area contributed by atoms with Crippen LogP contribution in [0.4, 0.5) is 0 Å². The molecule has 4 rings (SSSR count). The third-order valence-corrected chi connectivity index (χ3v) is 4.96. The van der Waals surface area contributed by atoms with Gasteiger partial charge in [0.25, 0.3) is 5.91 Å². The van der Waals surface area contributed by atoms with Crippen LogP contribution in [0.3, 0.4) is 0 Å². The highest BCUT2D eigenvalue weighted by molar-refractivity contribution is 6.05. The van der Waals surface area contributed by atoms with Crippen molar-refractivity contribution in [3.8, 4) is 11.5 Å². The van der Waals surface area contributed by atoms with Gasteiger partial charge < -0.3 is 9.47 Å². The molecule has 34 heavy (non-hydrogen) atoms. The molecule has 0 atom stereocenters. The zero-order valence-electron chi connectivity index (χ0n) is 18.3. The fourth-order valence-electron chi connectivity index (χ4n) is 3.28. The molecule has 168 valence electrons. The van der Waals surface area contributed by atoms with Crippen molar-refractivity contribution < 1.29 is 19.1 Å². The zero-order valence-corrected chi connectivity index (χ0v) is 18.3. The molecule has 0 radical (unpaired) electrons. The van der Waals surface area contributed by atoms with E-state index in [4.69, 9.17) is 9.47 Å². The lowest BCUT2D eigenvalue weighted by atomic mass is 10.0. The Balaban J connectivity index is 1.34. The minimum atomic E-state index is -0.425. The smallest absolute Gasteiger partial charge is 0.344 e. The van der Waals surface area contributed by atoms with E-state index in [0.29, 0.717) is 29.2 Å². The second kappa shape index (κ2) is 10.7. The number of nitrogens with one attached hydrogen (secondary N) is 1. The third-order valence-electron chi connectivity index (χ3n) is 4.96. The van der Waals surface area contributed by atoms with Gasteiger partial charge in [0.2, 0.25) is 0 Å². The number of nitrogens with zero attached hydrogens (tertiary/aromatic N) is 1. The lowest BCUT2D eigenvalue weighted by Gasteiger charge is -2.07. The van der Waals surface area contributed by atoms with E-state index in [-0.39, 0.29) is 5.91 Å². The highest BCUT2D eigenvalue weighted by atomic mass is 16.5. The maximum absolute atomic E-state index is 12.7. The topological polar surface area (TPSA) is 77.0 Å². The van der Waals surface area contributed by atoms with E-state index in [1.165, 1.54) is 6.21 Å². The van der Waals surface area contributed by atoms with Gasteiger partial charge in [-0.25, -0.2) is 10.2 Å². The van der Waals surface area contributed by atoms with E-state index in [1.807, 2.05) is 36.4 Å². The molecule has 0 saturated carbocycles. The number of amides is 1. The minimum Gasteiger partial charge on any atom is -0.490 e. The first-order valence-corrected chi connectivity index (χ1v) is 10.6. The predicted octanol–water partition coefficient (Wildman–Crippen LogP) is 5.39. The average Bonchev–Trinajstić information content (AvgIpc) is 2.88. The Morgan fingerprint density at radius 2 is 1.56 bits per heavy atom. The fraction of sp³-hybridized carbons (Fsp3) is 0.0357. The van der Waals surface area contributed by atoms with Gasteiger partial charge in [-0.2, -0.15) is 5.10 Å². The van der Waals surface area contributed by atoms with E-state index in [9.17, 15) is 9.59 Å². The van der Waals surface area contributed by atoms with Crippen LogP contribution >= 0.6 is 0 Å². The number of esters is 1. The number of rotatable bonds is 8. The molecule has 1 N–H and O–H groups in total. The number of fused-ring (bicyclic) bond motifs is 1. The first-order valence-electron chi connectivity index (χ1n) is 10.6. The lowest BCUT2D eigenvalue weighted by molar-refractivity contribution is 0.0736. The Bertz CT molecular complexity index is 1340. The highest BCUT2D eigenvalue weighted by Gasteiger charge is 2.12. The summed E-state index contributed by atoms with van der Waals surface area (Å²) in [6, 6.07) is 26.8. The molecule has 0 fully saturated rings. The summed E-state index contributed by atoms with van der Waals surface area (Å²) >= 11 is 0. The Morgan fingerprint density at radius 3 is 2.32 bits per heavy atom. The summed E-state index contributed by atoms with van der Waals surface area (Å²) in [5, 5.41) is 5.80. The van der Waals surface area contributed by atoms with E-state index >= 15 is 0 Å². The molecule has 6 heteroatoms. The molecule has 0 aliphatic carbocycles. The number of carbonyl (C=O) groups excluding carboxylic acids is 2. The summed E-state index contributed by atoms with van der Waals surface area (Å²) in [7, 11) is 0. The molecule has 0 unspecified atom stereocenters. The van der Waals surface area contributed by atoms with Crippen molar-refractivity contribution in [3.63, 3.8) is 0 Å². The lowest BCUT2D eigenvalue weighted by Crippen LogP contribution is -2.17. The van der Waals surface area contributed by atoms with Crippen molar-refractivity contribution in [2.24, 2.45) is 5.10 Å². The van der Waals surface area contributed by atoms with Crippen LogP contribution in [0.2, 0.25) is 0 Å². The molecule has 1 amide bonds. The molecule has 0 heterocycles. The van der Waals surface area contributed by atoms with Crippen molar-refractivity contribution >= 4 is 28.9 Å². The van der Waals surface area contributed by atoms with Gasteiger partial charge in [-0.3, -0.25) is 4.79 Å². The number of ether oxygens (including phenoxy) is 2. The highest BCUT2D eigenvalue weighted by Crippen LogP contribution is 2.21. The van der Waals surface area contributed by atoms with Crippen molar-refractivity contribution in [2.45, 2.75) is 0 Å². The van der Waals surface area contributed by atoms with E-state index in [2.05, 4.69) is 17.1 Å². The number of hydrazone groups is 1. The Hall–Kier alpha value is -4.71. The Kier molecular flexibility index (Phi) is 7.10. The second-order valence-electron chi connectivity index (χ2n) is 7.31. The van der Waals surface area contributed by atoms with E-state index in [0.717, 1.165) is 16.3 Å². The van der Waals surface area contributed by atoms with Crippen molar-refractivity contribution in [1.82, 2.24) is 5.43 Å². The maximum Gasteiger partial charge on any atom is 0.344 e. The average molecular weight is 450 g/mol. The van der Waals surface area contributed by atoms with Crippen LogP contribution in [0.5, 0.6) is 11.5 Å². The van der Waals surface area contributed by atoms with E-state index in [1.54, 1.807) is 60.7 Å². The van der Waals surface area contributed by atoms with Crippen molar-refractivity contribution in [1.29, 1.82) is 0 Å². The van der Waals surface area contributed by atoms with E-state index < -0.39 is 5.97 Å². The standard InChI is InChI=1S/C28H22N2O4/c1-2-18-33-23-16-12-22(13-17-23)27(31)30-29-19-20-10-14-24(15-11-20)34-28(32)26-9-5-7-21-6-3-4-8-25(21)26/h2-17,19H,1,18H2,(H,30,31)/b29-19-. The second-order valence-corrected chi connectivity index (χ2v) is 7.31. The van der Waals surface area contributed by atoms with Crippen LogP contribution in [0.25, 0.3) is 10.8 Å². The number of benzene rings is 4. The van der Waals surface area contributed by atoms with Crippen LogP contribution in [-0.4, -0.2) is 24.7 Å². The summed E-state index contributed by atoms with van der Waals surface area (Å²) in [5.74, 6) is 0.303. The normalized spacial score (nSPS) is 10.7. The quantitative estimate of drug-likeness (QED) is 0.128. The number of carbonyl (C=O) groups is 2. The number of hydrogen-bond acceptors (Lipinski definition) is 5. The molecule has 0 saturated heterocycles. The largest absolute Gasteiger partial charge is 0.490 e. The van der Waals surface area contributed by atoms with Crippen LogP contribution < -0.4 is 14.9 Å². The van der Waals surface area contributed by atoms with Crippen molar-refractivity contribution in [3.05, 3.63) is 120 Å². The SMILES string of the molecule is C=CCOc1ccc(C(=O)N/N=C\c2ccc(OC(=O)c3cccc4ccccc34)cc2)cc1. The monoisotopic (exact) mass is 450 g/mol. The number of hydrogen-bond donors (Lipinski definition) is 1. The van der Waals surface area contributed by atoms with Crippen LogP contribution in [-0.2, 0) is 0 Å². The van der Waals surface area contributed by atoms with Crippen LogP contribution in [0.1, 0.15) is 26.3 Å². The molecule has 0 aromatic heterocycles. The molecule has 0 aliphatic rings. The molecular formula is C28H22N2O4. The summed E-state index contributed by atoms with van der Waals surface area (Å²) in [4.78, 5) is 24.9.